The zero-order valence-corrected chi connectivity index (χ0v) is 27.8. The van der Waals surface area contributed by atoms with Gasteiger partial charge in [-0.2, -0.15) is 0 Å². The number of fused-ring (bicyclic) bond motifs is 1. The van der Waals surface area contributed by atoms with Crippen LogP contribution >= 0.6 is 11.3 Å². The van der Waals surface area contributed by atoms with E-state index >= 15 is 0 Å². The minimum atomic E-state index is -0.918. The number of non-ortho nitro benzene ring substituents is 1. The number of ether oxygens (including phenoxy) is 4. The molecule has 0 aliphatic carbocycles. The Balaban J connectivity index is 1.44. The topological polar surface area (TPSA) is 149 Å². The van der Waals surface area contributed by atoms with Crippen LogP contribution in [0.3, 0.4) is 0 Å². The van der Waals surface area contributed by atoms with E-state index in [4.69, 9.17) is 23.9 Å². The van der Waals surface area contributed by atoms with E-state index in [9.17, 15) is 24.5 Å². The lowest BCUT2D eigenvalue weighted by Gasteiger charge is -2.26. The first-order valence-electron chi connectivity index (χ1n) is 15.3. The van der Waals surface area contributed by atoms with Crippen molar-refractivity contribution in [1.82, 2.24) is 4.57 Å². The first-order chi connectivity index (χ1) is 24.2. The van der Waals surface area contributed by atoms with E-state index in [2.05, 4.69) is 0 Å². The fourth-order valence-electron chi connectivity index (χ4n) is 5.47. The van der Waals surface area contributed by atoms with Crippen molar-refractivity contribution in [2.45, 2.75) is 13.0 Å². The quantitative estimate of drug-likeness (QED) is 0.0846. The molecule has 0 saturated heterocycles. The number of nitro benzene ring substituents is 1. The molecule has 252 valence electrons. The van der Waals surface area contributed by atoms with Crippen LogP contribution < -0.4 is 29.1 Å². The Kier molecular flexibility index (Phi) is 9.68. The van der Waals surface area contributed by atoms with Gasteiger partial charge in [-0.1, -0.05) is 65.9 Å². The molecule has 2 heterocycles. The zero-order chi connectivity index (χ0) is 35.4. The molecule has 0 spiro atoms. The summed E-state index contributed by atoms with van der Waals surface area (Å²) in [7, 11) is 3.02. The summed E-state index contributed by atoms with van der Waals surface area (Å²) in [4.78, 5) is 56.3. The summed E-state index contributed by atoms with van der Waals surface area (Å²) in [5, 5.41) is 11.1. The molecular weight excluding hydrogens is 662 g/mol. The Hall–Kier alpha value is -6.34. The monoisotopic (exact) mass is 691 g/mol. The maximum absolute atomic E-state index is 14.2. The van der Waals surface area contributed by atoms with Crippen LogP contribution in [0.2, 0.25) is 0 Å². The van der Waals surface area contributed by atoms with Gasteiger partial charge >= 0.3 is 11.9 Å². The molecule has 0 saturated carbocycles. The van der Waals surface area contributed by atoms with Gasteiger partial charge in [0.15, 0.2) is 16.3 Å². The Morgan fingerprint density at radius 2 is 1.66 bits per heavy atom. The van der Waals surface area contributed by atoms with Crippen LogP contribution in [-0.2, 0) is 9.53 Å². The Morgan fingerprint density at radius 3 is 2.34 bits per heavy atom. The molecule has 0 radical (unpaired) electrons. The fourth-order valence-corrected chi connectivity index (χ4v) is 6.48. The van der Waals surface area contributed by atoms with Crippen molar-refractivity contribution >= 4 is 40.7 Å². The molecule has 1 atom stereocenters. The molecule has 13 heteroatoms. The van der Waals surface area contributed by atoms with Gasteiger partial charge in [0.25, 0.3) is 11.2 Å². The number of benzene rings is 4. The summed E-state index contributed by atoms with van der Waals surface area (Å²) in [6.45, 7) is 1.82. The van der Waals surface area contributed by atoms with Gasteiger partial charge in [-0.3, -0.25) is 19.5 Å². The molecule has 12 nitrogen and oxygen atoms in total. The highest BCUT2D eigenvalue weighted by atomic mass is 32.1. The van der Waals surface area contributed by atoms with Gasteiger partial charge in [0, 0.05) is 17.7 Å². The molecule has 6 rings (SSSR count). The van der Waals surface area contributed by atoms with Gasteiger partial charge in [0.1, 0.15) is 5.75 Å². The number of thiazole rings is 1. The molecule has 0 fully saturated rings. The van der Waals surface area contributed by atoms with Crippen molar-refractivity contribution in [3.63, 3.8) is 0 Å². The van der Waals surface area contributed by atoms with Crippen molar-refractivity contribution in [3.8, 4) is 17.2 Å². The lowest BCUT2D eigenvalue weighted by atomic mass is 9.93. The number of hydrogen-bond acceptors (Lipinski definition) is 11. The van der Waals surface area contributed by atoms with E-state index in [0.717, 1.165) is 17.4 Å². The van der Waals surface area contributed by atoms with Gasteiger partial charge in [-0.05, 0) is 54.5 Å². The average molecular weight is 692 g/mol. The van der Waals surface area contributed by atoms with E-state index < -0.39 is 22.9 Å². The fraction of sp³-hybridized carbons (Fsp3) is 0.135. The van der Waals surface area contributed by atoms with Crippen molar-refractivity contribution in [2.24, 2.45) is 4.99 Å². The van der Waals surface area contributed by atoms with Crippen LogP contribution in [-0.4, -0.2) is 42.3 Å². The van der Waals surface area contributed by atoms with E-state index in [0.29, 0.717) is 43.2 Å². The summed E-state index contributed by atoms with van der Waals surface area (Å²) in [5.74, 6) is -0.260. The van der Waals surface area contributed by atoms with Gasteiger partial charge in [0.05, 0.1) is 53.2 Å². The number of esters is 2. The second-order valence-corrected chi connectivity index (χ2v) is 11.8. The molecule has 1 aliphatic heterocycles. The molecule has 4 aromatic carbocycles. The first kappa shape index (κ1) is 33.6. The minimum Gasteiger partial charge on any atom is -0.493 e. The van der Waals surface area contributed by atoms with Crippen LogP contribution in [0.5, 0.6) is 17.2 Å². The SMILES string of the molecule is CCOC(=O)C1=C(c2ccccc2)N=c2s/c(=C\c3ccc(OC(=O)c4cccc([N+](=O)[O-])c4)cc3)c(=O)n2[C@@H]1c1ccc(OC)c(OC)c1. The number of carbonyl (C=O) groups is 2. The number of nitrogens with zero attached hydrogens (tertiary/aromatic N) is 3. The Labute approximate surface area is 288 Å². The average Bonchev–Trinajstić information content (AvgIpc) is 3.45. The number of nitro groups is 1. The number of carbonyl (C=O) groups excluding carboxylic acids is 2. The Morgan fingerprint density at radius 1 is 0.920 bits per heavy atom. The number of aromatic nitrogens is 1. The van der Waals surface area contributed by atoms with E-state index in [1.165, 1.54) is 37.0 Å². The van der Waals surface area contributed by atoms with Gasteiger partial charge in [-0.25, -0.2) is 14.6 Å². The summed E-state index contributed by atoms with van der Waals surface area (Å²) < 4.78 is 23.8. The highest BCUT2D eigenvalue weighted by Gasteiger charge is 2.35. The van der Waals surface area contributed by atoms with Crippen LogP contribution in [0.1, 0.15) is 40.0 Å². The van der Waals surface area contributed by atoms with Crippen molar-refractivity contribution in [1.29, 1.82) is 0 Å². The lowest BCUT2D eigenvalue weighted by molar-refractivity contribution is -0.384. The highest BCUT2D eigenvalue weighted by molar-refractivity contribution is 7.07. The normalized spacial score (nSPS) is 14.0. The zero-order valence-electron chi connectivity index (χ0n) is 27.0. The number of hydrogen-bond donors (Lipinski definition) is 0. The third-order valence-corrected chi connectivity index (χ3v) is 8.76. The standard InChI is InChI=1S/C37H29N3O9S/c1-4-48-36(43)31-32(23-9-6-5-7-10-23)38-37-39(33(31)24-15-18-28(46-2)29(21-24)47-3)34(41)30(50-37)19-22-13-16-27(17-14-22)49-35(42)25-11-8-12-26(20-25)40(44)45/h5-21,33H,4H2,1-3H3/b30-19-/t33-/m1/s1. The lowest BCUT2D eigenvalue weighted by Crippen LogP contribution is -2.40. The van der Waals surface area contributed by atoms with Crippen LogP contribution in [0.25, 0.3) is 11.8 Å². The van der Waals surface area contributed by atoms with Crippen molar-refractivity contribution in [2.75, 3.05) is 20.8 Å². The number of rotatable bonds is 10. The molecule has 1 aromatic heterocycles. The van der Waals surface area contributed by atoms with Crippen molar-refractivity contribution in [3.05, 3.63) is 155 Å². The second-order valence-electron chi connectivity index (χ2n) is 10.8. The van der Waals surface area contributed by atoms with E-state index in [1.807, 2.05) is 30.3 Å². The van der Waals surface area contributed by atoms with Gasteiger partial charge in [-0.15, -0.1) is 0 Å². The van der Waals surface area contributed by atoms with Crippen molar-refractivity contribution < 1.29 is 33.5 Å². The summed E-state index contributed by atoms with van der Waals surface area (Å²) in [6, 6.07) is 25.2. The van der Waals surface area contributed by atoms with Gasteiger partial charge < -0.3 is 18.9 Å². The number of methoxy groups -OCH3 is 2. The molecule has 0 bridgehead atoms. The first-order valence-corrected chi connectivity index (χ1v) is 16.1. The second kappa shape index (κ2) is 14.4. The maximum atomic E-state index is 14.2. The molecule has 50 heavy (non-hydrogen) atoms. The van der Waals surface area contributed by atoms with Crippen LogP contribution in [0.4, 0.5) is 5.69 Å². The maximum Gasteiger partial charge on any atom is 0.343 e. The molecule has 0 amide bonds. The predicted molar refractivity (Wildman–Crippen MR) is 185 cm³/mol. The molecule has 1 aliphatic rings. The minimum absolute atomic E-state index is 0.0329. The summed E-state index contributed by atoms with van der Waals surface area (Å²) >= 11 is 1.16. The molecule has 0 unspecified atom stereocenters. The van der Waals surface area contributed by atoms with Crippen LogP contribution in [0, 0.1) is 10.1 Å². The smallest absolute Gasteiger partial charge is 0.343 e. The molecule has 5 aromatic rings. The highest BCUT2D eigenvalue weighted by Crippen LogP contribution is 2.38. The largest absolute Gasteiger partial charge is 0.493 e. The summed E-state index contributed by atoms with van der Waals surface area (Å²) in [5.41, 5.74) is 1.88. The van der Waals surface area contributed by atoms with E-state index in [1.54, 1.807) is 55.5 Å². The summed E-state index contributed by atoms with van der Waals surface area (Å²) in [6.07, 6.45) is 1.68. The third kappa shape index (κ3) is 6.66. The molecular formula is C37H29N3O9S. The van der Waals surface area contributed by atoms with Crippen LogP contribution in [0.15, 0.2) is 112 Å². The third-order valence-electron chi connectivity index (χ3n) is 7.78. The Bertz CT molecular complexity index is 2330. The van der Waals surface area contributed by atoms with E-state index in [-0.39, 0.29) is 34.7 Å². The van der Waals surface area contributed by atoms with Gasteiger partial charge in [0.2, 0.25) is 0 Å². The molecule has 0 N–H and O–H groups in total. The predicted octanol–water partition coefficient (Wildman–Crippen LogP) is 5.08.